The topological polar surface area (TPSA) is 85.4 Å². The maximum atomic E-state index is 12.7. The minimum absolute atomic E-state index is 0.204. The number of thioether (sulfide) groups is 1. The minimum atomic E-state index is -0.487. The number of carbonyl (C=O) groups is 3. The number of amides is 3. The smallest absolute Gasteiger partial charge is 0.294 e. The maximum Gasteiger partial charge on any atom is 0.294 e. The summed E-state index contributed by atoms with van der Waals surface area (Å²) in [6.45, 7) is 1.12. The first-order valence-corrected chi connectivity index (χ1v) is 9.64. The van der Waals surface area contributed by atoms with E-state index in [1.54, 1.807) is 23.1 Å². The first kappa shape index (κ1) is 20.1. The van der Waals surface area contributed by atoms with Crippen LogP contribution in [0.5, 0.6) is 17.2 Å². The summed E-state index contributed by atoms with van der Waals surface area (Å²) in [5.74, 6) is 0.578. The Labute approximate surface area is 167 Å². The quantitative estimate of drug-likeness (QED) is 0.671. The molecular formula is C19H22N2O6S. The summed E-state index contributed by atoms with van der Waals surface area (Å²) in [4.78, 5) is 40.2. The predicted molar refractivity (Wildman–Crippen MR) is 105 cm³/mol. The molecular weight excluding hydrogens is 384 g/mol. The molecule has 2 saturated heterocycles. The number of imide groups is 1. The van der Waals surface area contributed by atoms with Gasteiger partial charge in [0.1, 0.15) is 6.54 Å². The van der Waals surface area contributed by atoms with Crippen molar-refractivity contribution in [2.45, 2.75) is 12.8 Å². The van der Waals surface area contributed by atoms with Crippen LogP contribution >= 0.6 is 11.8 Å². The van der Waals surface area contributed by atoms with Crippen LogP contribution < -0.4 is 14.2 Å². The van der Waals surface area contributed by atoms with E-state index in [-0.39, 0.29) is 17.4 Å². The second kappa shape index (κ2) is 8.55. The fraction of sp³-hybridized carbons (Fsp3) is 0.421. The Morgan fingerprint density at radius 3 is 2.36 bits per heavy atom. The SMILES string of the molecule is COc1ccc(/C=C2/SC(=O)N(CC(=O)N3CCCC3)C2=O)c(OC)c1OC. The third kappa shape index (κ3) is 3.80. The molecule has 28 heavy (non-hydrogen) atoms. The molecule has 3 amide bonds. The lowest BCUT2D eigenvalue weighted by atomic mass is 10.1. The summed E-state index contributed by atoms with van der Waals surface area (Å²) in [6, 6.07) is 3.40. The van der Waals surface area contributed by atoms with Crippen molar-refractivity contribution in [3.8, 4) is 17.2 Å². The van der Waals surface area contributed by atoms with Crippen LogP contribution in [-0.2, 0) is 9.59 Å². The lowest BCUT2D eigenvalue weighted by Gasteiger charge is -2.18. The van der Waals surface area contributed by atoms with E-state index in [0.29, 0.717) is 35.9 Å². The third-order valence-electron chi connectivity index (χ3n) is 4.65. The van der Waals surface area contributed by atoms with Gasteiger partial charge in [0.15, 0.2) is 11.5 Å². The number of hydrogen-bond donors (Lipinski definition) is 0. The van der Waals surface area contributed by atoms with Crippen molar-refractivity contribution in [1.82, 2.24) is 9.80 Å². The van der Waals surface area contributed by atoms with Gasteiger partial charge in [-0.1, -0.05) is 0 Å². The van der Waals surface area contributed by atoms with Crippen molar-refractivity contribution in [3.63, 3.8) is 0 Å². The van der Waals surface area contributed by atoms with Crippen LogP contribution in [0.1, 0.15) is 18.4 Å². The zero-order valence-corrected chi connectivity index (χ0v) is 16.8. The van der Waals surface area contributed by atoms with Gasteiger partial charge in [-0.25, -0.2) is 0 Å². The Balaban J connectivity index is 1.84. The van der Waals surface area contributed by atoms with Gasteiger partial charge in [0.2, 0.25) is 11.7 Å². The van der Waals surface area contributed by atoms with Gasteiger partial charge in [-0.2, -0.15) is 0 Å². The number of methoxy groups -OCH3 is 3. The van der Waals surface area contributed by atoms with Crippen molar-refractivity contribution < 1.29 is 28.6 Å². The molecule has 2 fully saturated rings. The highest BCUT2D eigenvalue weighted by atomic mass is 32.2. The second-order valence-electron chi connectivity index (χ2n) is 6.28. The van der Waals surface area contributed by atoms with Gasteiger partial charge < -0.3 is 19.1 Å². The van der Waals surface area contributed by atoms with Crippen LogP contribution in [-0.4, -0.2) is 67.8 Å². The van der Waals surface area contributed by atoms with Crippen LogP contribution in [0.2, 0.25) is 0 Å². The molecule has 3 rings (SSSR count). The normalized spacial score (nSPS) is 18.2. The Morgan fingerprint density at radius 2 is 1.75 bits per heavy atom. The largest absolute Gasteiger partial charge is 0.493 e. The number of rotatable bonds is 6. The van der Waals surface area contributed by atoms with Crippen LogP contribution in [0.3, 0.4) is 0 Å². The molecule has 0 aromatic heterocycles. The lowest BCUT2D eigenvalue weighted by Crippen LogP contribution is -2.40. The Morgan fingerprint density at radius 1 is 1.07 bits per heavy atom. The summed E-state index contributed by atoms with van der Waals surface area (Å²) < 4.78 is 16.0. The second-order valence-corrected chi connectivity index (χ2v) is 7.27. The molecule has 0 atom stereocenters. The summed E-state index contributed by atoms with van der Waals surface area (Å²) >= 11 is 0.804. The van der Waals surface area contributed by atoms with Crippen LogP contribution in [0.25, 0.3) is 6.08 Å². The van der Waals surface area contributed by atoms with Crippen LogP contribution in [0.4, 0.5) is 4.79 Å². The van der Waals surface area contributed by atoms with E-state index in [2.05, 4.69) is 0 Å². The van der Waals surface area contributed by atoms with Gasteiger partial charge in [0, 0.05) is 18.7 Å². The average Bonchev–Trinajstić information content (AvgIpc) is 3.32. The van der Waals surface area contributed by atoms with Crippen molar-refractivity contribution in [2.75, 3.05) is 41.0 Å². The van der Waals surface area contributed by atoms with Gasteiger partial charge in [-0.3, -0.25) is 19.3 Å². The van der Waals surface area contributed by atoms with E-state index in [1.165, 1.54) is 21.3 Å². The number of carbonyl (C=O) groups excluding carboxylic acids is 3. The monoisotopic (exact) mass is 406 g/mol. The van der Waals surface area contributed by atoms with E-state index in [0.717, 1.165) is 29.5 Å². The molecule has 0 bridgehead atoms. The zero-order chi connectivity index (χ0) is 20.3. The fourth-order valence-corrected chi connectivity index (χ4v) is 4.05. The third-order valence-corrected chi connectivity index (χ3v) is 5.55. The summed E-state index contributed by atoms with van der Waals surface area (Å²) in [6.07, 6.45) is 3.46. The Hall–Kier alpha value is -2.68. The summed E-state index contributed by atoms with van der Waals surface area (Å²) in [5.41, 5.74) is 0.566. The molecule has 0 spiro atoms. The van der Waals surface area contributed by atoms with Crippen molar-refractivity contribution >= 4 is 34.9 Å². The molecule has 9 heteroatoms. The standard InChI is InChI=1S/C19H22N2O6S/c1-25-13-7-6-12(16(26-2)17(13)27-3)10-14-18(23)21(19(24)28-14)11-15(22)20-8-4-5-9-20/h6-7,10H,4-5,8-9,11H2,1-3H3/b14-10+. The van der Waals surface area contributed by atoms with Crippen LogP contribution in [0, 0.1) is 0 Å². The van der Waals surface area contributed by atoms with E-state index in [1.807, 2.05) is 0 Å². The van der Waals surface area contributed by atoms with Gasteiger partial charge in [-0.05, 0) is 42.8 Å². The molecule has 0 unspecified atom stereocenters. The molecule has 2 aliphatic rings. The fourth-order valence-electron chi connectivity index (χ4n) is 3.22. The molecule has 150 valence electrons. The number of benzene rings is 1. The molecule has 1 aromatic carbocycles. The number of nitrogens with zero attached hydrogens (tertiary/aromatic N) is 2. The maximum absolute atomic E-state index is 12.7. The average molecular weight is 406 g/mol. The molecule has 8 nitrogen and oxygen atoms in total. The first-order chi connectivity index (χ1) is 13.5. The minimum Gasteiger partial charge on any atom is -0.493 e. The predicted octanol–water partition coefficient (Wildman–Crippen LogP) is 2.37. The van der Waals surface area contributed by atoms with E-state index < -0.39 is 11.1 Å². The molecule has 2 aliphatic heterocycles. The molecule has 2 heterocycles. The lowest BCUT2D eigenvalue weighted by molar-refractivity contribution is -0.135. The van der Waals surface area contributed by atoms with Crippen LogP contribution in [0.15, 0.2) is 17.0 Å². The number of ether oxygens (including phenoxy) is 3. The Bertz CT molecular complexity index is 832. The molecule has 0 N–H and O–H groups in total. The van der Waals surface area contributed by atoms with E-state index in [9.17, 15) is 14.4 Å². The van der Waals surface area contributed by atoms with Gasteiger partial charge in [0.05, 0.1) is 26.2 Å². The highest BCUT2D eigenvalue weighted by Gasteiger charge is 2.37. The van der Waals surface area contributed by atoms with Crippen molar-refractivity contribution in [2.24, 2.45) is 0 Å². The zero-order valence-electron chi connectivity index (χ0n) is 16.0. The number of likely N-dealkylation sites (tertiary alicyclic amines) is 1. The molecule has 0 saturated carbocycles. The Kier molecular flexibility index (Phi) is 6.13. The highest BCUT2D eigenvalue weighted by molar-refractivity contribution is 8.18. The summed E-state index contributed by atoms with van der Waals surface area (Å²) in [5, 5.41) is -0.455. The number of hydrogen-bond acceptors (Lipinski definition) is 7. The van der Waals surface area contributed by atoms with E-state index in [4.69, 9.17) is 14.2 Å². The first-order valence-electron chi connectivity index (χ1n) is 8.82. The van der Waals surface area contributed by atoms with Crippen molar-refractivity contribution in [3.05, 3.63) is 22.6 Å². The molecule has 0 aliphatic carbocycles. The van der Waals surface area contributed by atoms with Gasteiger partial charge in [-0.15, -0.1) is 0 Å². The molecule has 0 radical (unpaired) electrons. The van der Waals surface area contributed by atoms with E-state index >= 15 is 0 Å². The molecule has 1 aromatic rings. The van der Waals surface area contributed by atoms with Gasteiger partial charge >= 0.3 is 0 Å². The summed E-state index contributed by atoms with van der Waals surface area (Å²) in [7, 11) is 4.48. The van der Waals surface area contributed by atoms with Gasteiger partial charge in [0.25, 0.3) is 11.1 Å². The van der Waals surface area contributed by atoms with Crippen molar-refractivity contribution in [1.29, 1.82) is 0 Å². The highest BCUT2D eigenvalue weighted by Crippen LogP contribution is 2.42.